The van der Waals surface area contributed by atoms with Crippen molar-refractivity contribution < 1.29 is 35.9 Å². The SMILES string of the molecule is CN1C(=O)C(C(=O)NC(c2ccccc2)(C(F)(F)F)C(F)(F)F)C[C@@]2(C)C1CC[C@@H]1[C@H]2CC[C@]2(C)CCC[C@@H]12. The average molecular weight is 559 g/mol. The van der Waals surface area contributed by atoms with Gasteiger partial charge in [0.1, 0.15) is 5.92 Å². The molecule has 2 unspecified atom stereocenters. The van der Waals surface area contributed by atoms with Crippen molar-refractivity contribution in [2.24, 2.45) is 34.5 Å². The molecule has 216 valence electrons. The molecule has 1 aromatic carbocycles. The number of carbonyl (C=O) groups is 2. The van der Waals surface area contributed by atoms with Gasteiger partial charge in [-0.3, -0.25) is 9.59 Å². The van der Waals surface area contributed by atoms with Crippen molar-refractivity contribution in [2.75, 3.05) is 7.05 Å². The van der Waals surface area contributed by atoms with E-state index in [0.29, 0.717) is 24.0 Å². The number of carbonyl (C=O) groups excluding carboxylic acids is 2. The van der Waals surface area contributed by atoms with Gasteiger partial charge in [0, 0.05) is 13.1 Å². The number of amides is 2. The molecule has 39 heavy (non-hydrogen) atoms. The second-order valence-corrected chi connectivity index (χ2v) is 12.9. The van der Waals surface area contributed by atoms with Gasteiger partial charge in [-0.25, -0.2) is 0 Å². The van der Waals surface area contributed by atoms with E-state index in [-0.39, 0.29) is 23.8 Å². The summed E-state index contributed by atoms with van der Waals surface area (Å²) in [5.74, 6) is -2.84. The molecular weight excluding hydrogens is 522 g/mol. The third kappa shape index (κ3) is 4.09. The number of piperidine rings is 1. The summed E-state index contributed by atoms with van der Waals surface area (Å²) in [6.07, 6.45) is -4.85. The fraction of sp³-hybridized carbons (Fsp3) is 0.724. The van der Waals surface area contributed by atoms with Crippen molar-refractivity contribution >= 4 is 11.8 Å². The van der Waals surface area contributed by atoms with Crippen molar-refractivity contribution in [1.82, 2.24) is 10.2 Å². The largest absolute Gasteiger partial charge is 0.424 e. The van der Waals surface area contributed by atoms with Crippen molar-refractivity contribution in [2.45, 2.75) is 89.1 Å². The molecule has 1 heterocycles. The zero-order chi connectivity index (χ0) is 28.6. The fourth-order valence-corrected chi connectivity index (χ4v) is 9.15. The van der Waals surface area contributed by atoms with Crippen molar-refractivity contribution in [3.8, 4) is 0 Å². The first kappa shape index (κ1) is 28.3. The van der Waals surface area contributed by atoms with Crippen LogP contribution in [-0.2, 0) is 15.1 Å². The highest BCUT2D eigenvalue weighted by atomic mass is 19.4. The van der Waals surface area contributed by atoms with Crippen LogP contribution in [0.2, 0.25) is 0 Å². The Bertz CT molecular complexity index is 1110. The molecule has 1 N–H and O–H groups in total. The van der Waals surface area contributed by atoms with Gasteiger partial charge in [0.2, 0.25) is 11.8 Å². The third-order valence-electron chi connectivity index (χ3n) is 11.0. The maximum atomic E-state index is 14.4. The normalized spacial score (nSPS) is 37.1. The van der Waals surface area contributed by atoms with Gasteiger partial charge in [0.15, 0.2) is 0 Å². The van der Waals surface area contributed by atoms with Crippen molar-refractivity contribution in [3.63, 3.8) is 0 Å². The molecule has 4 aliphatic rings. The molecule has 1 saturated heterocycles. The molecule has 4 fully saturated rings. The smallest absolute Gasteiger partial charge is 0.342 e. The number of hydrogen-bond acceptors (Lipinski definition) is 2. The van der Waals surface area contributed by atoms with Crippen LogP contribution in [0.5, 0.6) is 0 Å². The highest BCUT2D eigenvalue weighted by Gasteiger charge is 2.73. The quantitative estimate of drug-likeness (QED) is 0.336. The molecule has 1 aromatic rings. The number of benzene rings is 1. The van der Waals surface area contributed by atoms with Crippen LogP contribution < -0.4 is 5.32 Å². The Morgan fingerprint density at radius 2 is 1.56 bits per heavy atom. The zero-order valence-corrected chi connectivity index (χ0v) is 22.5. The van der Waals surface area contributed by atoms with Crippen LogP contribution in [0.25, 0.3) is 0 Å². The molecule has 7 atom stereocenters. The fourth-order valence-electron chi connectivity index (χ4n) is 9.15. The Balaban J connectivity index is 1.50. The minimum absolute atomic E-state index is 0.0577. The van der Waals surface area contributed by atoms with Crippen LogP contribution in [0.3, 0.4) is 0 Å². The molecule has 0 radical (unpaired) electrons. The maximum absolute atomic E-state index is 14.4. The summed E-state index contributed by atoms with van der Waals surface area (Å²) in [7, 11) is 1.53. The summed E-state index contributed by atoms with van der Waals surface area (Å²) in [6, 6.07) is 4.59. The van der Waals surface area contributed by atoms with Gasteiger partial charge in [-0.2, -0.15) is 26.3 Å². The van der Waals surface area contributed by atoms with Crippen LogP contribution in [0, 0.1) is 34.5 Å². The number of rotatable bonds is 3. The topological polar surface area (TPSA) is 49.4 Å². The molecule has 1 aliphatic heterocycles. The molecule has 0 aromatic heterocycles. The summed E-state index contributed by atoms with van der Waals surface area (Å²) in [4.78, 5) is 28.3. The van der Waals surface area contributed by atoms with Gasteiger partial charge >= 0.3 is 12.4 Å². The average Bonchev–Trinajstić information content (AvgIpc) is 3.25. The van der Waals surface area contributed by atoms with E-state index in [1.54, 1.807) is 0 Å². The minimum Gasteiger partial charge on any atom is -0.342 e. The number of alkyl halides is 6. The molecule has 3 aliphatic carbocycles. The monoisotopic (exact) mass is 558 g/mol. The van der Waals surface area contributed by atoms with Gasteiger partial charge in [-0.05, 0) is 79.1 Å². The van der Waals surface area contributed by atoms with E-state index in [4.69, 9.17) is 0 Å². The summed E-state index contributed by atoms with van der Waals surface area (Å²) >= 11 is 0. The van der Waals surface area contributed by atoms with E-state index in [1.165, 1.54) is 29.8 Å². The highest BCUT2D eigenvalue weighted by molar-refractivity contribution is 6.01. The summed E-state index contributed by atoms with van der Waals surface area (Å²) in [5.41, 5.74) is -6.11. The van der Waals surface area contributed by atoms with Crippen molar-refractivity contribution in [1.29, 1.82) is 0 Å². The van der Waals surface area contributed by atoms with Crippen LogP contribution in [0.15, 0.2) is 30.3 Å². The van der Waals surface area contributed by atoms with Crippen LogP contribution in [0.1, 0.15) is 70.8 Å². The van der Waals surface area contributed by atoms with E-state index in [9.17, 15) is 35.9 Å². The lowest BCUT2D eigenvalue weighted by Gasteiger charge is -2.62. The Morgan fingerprint density at radius 1 is 0.923 bits per heavy atom. The van der Waals surface area contributed by atoms with Crippen LogP contribution in [-0.4, -0.2) is 42.2 Å². The van der Waals surface area contributed by atoms with Gasteiger partial charge in [-0.15, -0.1) is 0 Å². The number of hydrogen-bond donors (Lipinski definition) is 1. The Labute approximate surface area is 224 Å². The molecule has 2 amide bonds. The zero-order valence-electron chi connectivity index (χ0n) is 22.5. The first-order valence-corrected chi connectivity index (χ1v) is 13.8. The predicted octanol–water partition coefficient (Wildman–Crippen LogP) is 6.60. The lowest BCUT2D eigenvalue weighted by atomic mass is 9.47. The van der Waals surface area contributed by atoms with E-state index in [2.05, 4.69) is 6.92 Å². The second-order valence-electron chi connectivity index (χ2n) is 12.9. The van der Waals surface area contributed by atoms with E-state index >= 15 is 0 Å². The van der Waals surface area contributed by atoms with Gasteiger partial charge in [0.05, 0.1) is 0 Å². The van der Waals surface area contributed by atoms with E-state index in [1.807, 2.05) is 6.92 Å². The summed E-state index contributed by atoms with van der Waals surface area (Å²) < 4.78 is 86.1. The Morgan fingerprint density at radius 3 is 2.18 bits per heavy atom. The molecule has 0 bridgehead atoms. The number of nitrogens with one attached hydrogen (secondary N) is 1. The van der Waals surface area contributed by atoms with Crippen molar-refractivity contribution in [3.05, 3.63) is 35.9 Å². The lowest BCUT2D eigenvalue weighted by molar-refractivity contribution is -0.312. The Hall–Kier alpha value is -2.26. The number of likely N-dealkylation sites (tertiary alicyclic amines) is 1. The van der Waals surface area contributed by atoms with Gasteiger partial charge in [0.25, 0.3) is 5.54 Å². The molecule has 10 heteroatoms. The molecule has 0 spiro atoms. The van der Waals surface area contributed by atoms with Gasteiger partial charge < -0.3 is 10.2 Å². The summed E-state index contributed by atoms with van der Waals surface area (Å²) in [5, 5.41) is 1.34. The molecular formula is C29H36F6N2O2. The molecule has 4 nitrogen and oxygen atoms in total. The predicted molar refractivity (Wildman–Crippen MR) is 132 cm³/mol. The van der Waals surface area contributed by atoms with Crippen LogP contribution in [0.4, 0.5) is 26.3 Å². The minimum atomic E-state index is -5.90. The summed E-state index contributed by atoms with van der Waals surface area (Å²) in [6.45, 7) is 4.33. The number of fused-ring (bicyclic) bond motifs is 5. The molecule has 5 rings (SSSR count). The lowest BCUT2D eigenvalue weighted by Crippen LogP contribution is -2.68. The van der Waals surface area contributed by atoms with Gasteiger partial charge in [-0.1, -0.05) is 50.6 Å². The standard InChI is InChI=1S/C29H36F6N2O2/c1-25-14-7-10-20(25)18-11-12-22-26(2,21(18)13-15-25)16-19(24(39)37(22)3)23(38)36-27(28(30,31)32,29(33,34)35)17-8-5-4-6-9-17/h4-6,8-9,18-22H,7,10-16H2,1-3H3,(H,36,38)/t18-,19?,20-,21+,22?,25-,26+/m0/s1. The Kier molecular flexibility index (Phi) is 6.62. The highest BCUT2D eigenvalue weighted by Crippen LogP contribution is 2.65. The maximum Gasteiger partial charge on any atom is 0.424 e. The second kappa shape index (κ2) is 9.13. The molecule has 3 saturated carbocycles. The number of halogens is 6. The van der Waals surface area contributed by atoms with E-state index in [0.717, 1.165) is 50.7 Å². The third-order valence-corrected chi connectivity index (χ3v) is 11.0. The van der Waals surface area contributed by atoms with Crippen LogP contribution >= 0.6 is 0 Å². The first-order chi connectivity index (χ1) is 18.1. The number of nitrogens with zero attached hydrogens (tertiary/aromatic N) is 1. The van der Waals surface area contributed by atoms with E-state index < -0.39 is 46.6 Å². The first-order valence-electron chi connectivity index (χ1n) is 13.8.